The van der Waals surface area contributed by atoms with Crippen LogP contribution in [0.1, 0.15) is 39.2 Å². The van der Waals surface area contributed by atoms with Crippen LogP contribution >= 0.6 is 0 Å². The van der Waals surface area contributed by atoms with Crippen LogP contribution in [0.4, 0.5) is 5.69 Å². The van der Waals surface area contributed by atoms with E-state index in [1.807, 2.05) is 45.2 Å². The molecular formula is C15H25NO. The van der Waals surface area contributed by atoms with Gasteiger partial charge in [0.05, 0.1) is 6.61 Å². The number of hydrogen-bond donors (Lipinski definition) is 1. The predicted octanol–water partition coefficient (Wildman–Crippen LogP) is 4.58. The maximum atomic E-state index is 5.70. The Hall–Kier alpha value is -1.44. The van der Waals surface area contributed by atoms with Crippen molar-refractivity contribution >= 4 is 11.8 Å². The Bertz CT molecular complexity index is 321. The fourth-order valence-electron chi connectivity index (χ4n) is 1.42. The van der Waals surface area contributed by atoms with Crippen molar-refractivity contribution in [2.45, 2.75) is 33.6 Å². The molecular weight excluding hydrogens is 210 g/mol. The zero-order valence-corrected chi connectivity index (χ0v) is 11.5. The van der Waals surface area contributed by atoms with Crippen molar-refractivity contribution in [3.05, 3.63) is 30.3 Å². The zero-order valence-electron chi connectivity index (χ0n) is 11.5. The number of rotatable bonds is 6. The standard InChI is InChI=1S/C13H19NO.C2H6/c1-4-6-10-15-13-9-7-8-12(14-3)11(13)5-2;1-2/h5,7-9,14H,2,4,6,10H2,1,3H3;1-2H3. The molecule has 0 fully saturated rings. The van der Waals surface area contributed by atoms with E-state index in [1.165, 1.54) is 0 Å². The van der Waals surface area contributed by atoms with E-state index in [0.29, 0.717) is 0 Å². The number of anilines is 1. The molecule has 2 nitrogen and oxygen atoms in total. The van der Waals surface area contributed by atoms with Gasteiger partial charge in [-0.25, -0.2) is 0 Å². The van der Waals surface area contributed by atoms with Gasteiger partial charge in [-0.15, -0.1) is 0 Å². The van der Waals surface area contributed by atoms with Crippen LogP contribution in [-0.2, 0) is 0 Å². The molecule has 1 N–H and O–H groups in total. The van der Waals surface area contributed by atoms with Crippen molar-refractivity contribution in [3.63, 3.8) is 0 Å². The highest BCUT2D eigenvalue weighted by molar-refractivity contribution is 5.71. The van der Waals surface area contributed by atoms with Gasteiger partial charge in [-0.2, -0.15) is 0 Å². The topological polar surface area (TPSA) is 21.3 Å². The second-order valence-corrected chi connectivity index (χ2v) is 3.37. The number of nitrogens with one attached hydrogen (secondary N) is 1. The molecule has 2 heteroatoms. The maximum absolute atomic E-state index is 5.70. The van der Waals surface area contributed by atoms with Gasteiger partial charge in [-0.1, -0.05) is 45.9 Å². The lowest BCUT2D eigenvalue weighted by atomic mass is 10.1. The highest BCUT2D eigenvalue weighted by atomic mass is 16.5. The van der Waals surface area contributed by atoms with Gasteiger partial charge in [-0.3, -0.25) is 0 Å². The van der Waals surface area contributed by atoms with E-state index in [9.17, 15) is 0 Å². The van der Waals surface area contributed by atoms with Crippen LogP contribution in [-0.4, -0.2) is 13.7 Å². The molecule has 0 aliphatic carbocycles. The minimum absolute atomic E-state index is 0.768. The van der Waals surface area contributed by atoms with Crippen LogP contribution in [0.5, 0.6) is 5.75 Å². The van der Waals surface area contributed by atoms with Crippen LogP contribution in [0.2, 0.25) is 0 Å². The quantitative estimate of drug-likeness (QED) is 0.729. The highest BCUT2D eigenvalue weighted by Crippen LogP contribution is 2.27. The molecule has 1 aromatic carbocycles. The number of hydrogen-bond acceptors (Lipinski definition) is 2. The second-order valence-electron chi connectivity index (χ2n) is 3.37. The predicted molar refractivity (Wildman–Crippen MR) is 77.8 cm³/mol. The molecule has 0 aliphatic rings. The number of unbranched alkanes of at least 4 members (excludes halogenated alkanes) is 1. The van der Waals surface area contributed by atoms with E-state index in [0.717, 1.165) is 36.4 Å². The van der Waals surface area contributed by atoms with Crippen molar-refractivity contribution in [1.29, 1.82) is 0 Å². The normalized spacial score (nSPS) is 8.94. The molecule has 0 saturated carbocycles. The molecule has 0 aromatic heterocycles. The third kappa shape index (κ3) is 4.94. The third-order valence-corrected chi connectivity index (χ3v) is 2.30. The first kappa shape index (κ1) is 15.6. The number of benzene rings is 1. The molecule has 0 atom stereocenters. The second kappa shape index (κ2) is 9.76. The summed E-state index contributed by atoms with van der Waals surface area (Å²) in [6.45, 7) is 10.7. The lowest BCUT2D eigenvalue weighted by Gasteiger charge is -2.12. The van der Waals surface area contributed by atoms with Crippen molar-refractivity contribution < 1.29 is 4.74 Å². The fraction of sp³-hybridized carbons (Fsp3) is 0.467. The van der Waals surface area contributed by atoms with Gasteiger partial charge in [-0.05, 0) is 18.6 Å². The monoisotopic (exact) mass is 235 g/mol. The first-order chi connectivity index (χ1) is 8.33. The zero-order chi connectivity index (χ0) is 13.1. The van der Waals surface area contributed by atoms with Crippen molar-refractivity contribution in [2.24, 2.45) is 0 Å². The van der Waals surface area contributed by atoms with Gasteiger partial charge in [0.25, 0.3) is 0 Å². The molecule has 0 bridgehead atoms. The summed E-state index contributed by atoms with van der Waals surface area (Å²) in [5.41, 5.74) is 2.09. The van der Waals surface area contributed by atoms with Crippen molar-refractivity contribution in [2.75, 3.05) is 19.0 Å². The Morgan fingerprint density at radius 3 is 2.59 bits per heavy atom. The minimum Gasteiger partial charge on any atom is -0.493 e. The van der Waals surface area contributed by atoms with Crippen LogP contribution < -0.4 is 10.1 Å². The SMILES string of the molecule is C=Cc1c(NC)cccc1OCCCC.CC. The van der Waals surface area contributed by atoms with Gasteiger partial charge in [0.15, 0.2) is 0 Å². The van der Waals surface area contributed by atoms with Crippen LogP contribution in [0.25, 0.3) is 6.08 Å². The molecule has 0 unspecified atom stereocenters. The molecule has 1 rings (SSSR count). The molecule has 0 aliphatic heterocycles. The van der Waals surface area contributed by atoms with E-state index in [-0.39, 0.29) is 0 Å². The van der Waals surface area contributed by atoms with Crippen LogP contribution in [0.3, 0.4) is 0 Å². The van der Waals surface area contributed by atoms with E-state index >= 15 is 0 Å². The molecule has 0 heterocycles. The molecule has 96 valence electrons. The Morgan fingerprint density at radius 1 is 1.35 bits per heavy atom. The van der Waals surface area contributed by atoms with E-state index < -0.39 is 0 Å². The summed E-state index contributed by atoms with van der Waals surface area (Å²) in [6, 6.07) is 5.98. The lowest BCUT2D eigenvalue weighted by molar-refractivity contribution is 0.309. The summed E-state index contributed by atoms with van der Waals surface area (Å²) in [5.74, 6) is 0.908. The van der Waals surface area contributed by atoms with Gasteiger partial charge < -0.3 is 10.1 Å². The lowest BCUT2D eigenvalue weighted by Crippen LogP contribution is -2.00. The van der Waals surface area contributed by atoms with Crippen molar-refractivity contribution in [1.82, 2.24) is 0 Å². The van der Waals surface area contributed by atoms with Gasteiger partial charge in [0, 0.05) is 18.3 Å². The van der Waals surface area contributed by atoms with Crippen LogP contribution in [0.15, 0.2) is 24.8 Å². The molecule has 17 heavy (non-hydrogen) atoms. The summed E-state index contributed by atoms with van der Waals surface area (Å²) >= 11 is 0. The summed E-state index contributed by atoms with van der Waals surface area (Å²) < 4.78 is 5.70. The average Bonchev–Trinajstić information content (AvgIpc) is 2.41. The Balaban J connectivity index is 0.00000121. The first-order valence-corrected chi connectivity index (χ1v) is 6.39. The summed E-state index contributed by atoms with van der Waals surface area (Å²) in [5, 5.41) is 3.13. The molecule has 0 amide bonds. The average molecular weight is 235 g/mol. The highest BCUT2D eigenvalue weighted by Gasteiger charge is 2.04. The summed E-state index contributed by atoms with van der Waals surface area (Å²) in [6.07, 6.45) is 4.06. The summed E-state index contributed by atoms with van der Waals surface area (Å²) in [4.78, 5) is 0. The van der Waals surface area contributed by atoms with E-state index in [4.69, 9.17) is 4.74 Å². The summed E-state index contributed by atoms with van der Waals surface area (Å²) in [7, 11) is 1.90. The maximum Gasteiger partial charge on any atom is 0.128 e. The van der Waals surface area contributed by atoms with Gasteiger partial charge in [0.2, 0.25) is 0 Å². The Kier molecular flexibility index (Phi) is 8.94. The van der Waals surface area contributed by atoms with E-state index in [2.05, 4.69) is 18.8 Å². The van der Waals surface area contributed by atoms with Gasteiger partial charge >= 0.3 is 0 Å². The Labute approximate surface area is 106 Å². The third-order valence-electron chi connectivity index (χ3n) is 2.30. The molecule has 0 spiro atoms. The minimum atomic E-state index is 0.768. The van der Waals surface area contributed by atoms with Crippen molar-refractivity contribution in [3.8, 4) is 5.75 Å². The smallest absolute Gasteiger partial charge is 0.128 e. The molecule has 1 aromatic rings. The first-order valence-electron chi connectivity index (χ1n) is 6.39. The van der Waals surface area contributed by atoms with E-state index in [1.54, 1.807) is 0 Å². The number of ether oxygens (including phenoxy) is 1. The van der Waals surface area contributed by atoms with Crippen LogP contribution in [0, 0.1) is 0 Å². The Morgan fingerprint density at radius 2 is 2.06 bits per heavy atom. The largest absolute Gasteiger partial charge is 0.493 e. The van der Waals surface area contributed by atoms with Gasteiger partial charge in [0.1, 0.15) is 5.75 Å². The fourth-order valence-corrected chi connectivity index (χ4v) is 1.42. The molecule has 0 saturated heterocycles. The molecule has 0 radical (unpaired) electrons.